The maximum Gasteiger partial charge on any atom is 0.285 e. The molecule has 1 fully saturated rings. The van der Waals surface area contributed by atoms with Crippen molar-refractivity contribution in [1.29, 1.82) is 0 Å². The van der Waals surface area contributed by atoms with E-state index in [1.807, 2.05) is 18.2 Å². The van der Waals surface area contributed by atoms with E-state index in [9.17, 15) is 4.79 Å². The van der Waals surface area contributed by atoms with Crippen molar-refractivity contribution >= 4 is 17.3 Å². The first-order chi connectivity index (χ1) is 11.2. The third kappa shape index (κ3) is 2.86. The summed E-state index contributed by atoms with van der Waals surface area (Å²) in [6, 6.07) is 5.85. The third-order valence-corrected chi connectivity index (χ3v) is 4.50. The highest BCUT2D eigenvalue weighted by Gasteiger charge is 2.30. The van der Waals surface area contributed by atoms with Crippen LogP contribution in [0.4, 0.5) is 5.69 Å². The Balaban J connectivity index is 2.02. The van der Waals surface area contributed by atoms with E-state index in [1.165, 1.54) is 0 Å². The monoisotopic (exact) mass is 335 g/mol. The normalized spacial score (nSPS) is 17.3. The van der Waals surface area contributed by atoms with Gasteiger partial charge in [0, 0.05) is 18.2 Å². The third-order valence-electron chi connectivity index (χ3n) is 4.14. The number of aromatic amines is 1. The summed E-state index contributed by atoms with van der Waals surface area (Å²) in [5, 5.41) is 6.39. The van der Waals surface area contributed by atoms with E-state index >= 15 is 0 Å². The highest BCUT2D eigenvalue weighted by atomic mass is 35.5. The quantitative estimate of drug-likeness (QED) is 0.930. The number of rotatable bonds is 4. The predicted octanol–water partition coefficient (Wildman–Crippen LogP) is 2.78. The molecule has 0 saturated carbocycles. The van der Waals surface area contributed by atoms with E-state index in [2.05, 4.69) is 15.1 Å². The molecule has 1 N–H and O–H groups in total. The van der Waals surface area contributed by atoms with Gasteiger partial charge in [-0.05, 0) is 25.0 Å². The molecule has 0 spiro atoms. The number of nitrogens with one attached hydrogen (secondary N) is 1. The standard InChI is InChI=1S/C16H18ClN3O3/c1-22-10-5-6-11(14(8-10)23-2)12-4-3-7-20(12)13-9-18-19-16(21)15(13)17/h5-6,8-9,12H,3-4,7H2,1-2H3,(H,19,21). The van der Waals surface area contributed by atoms with E-state index in [4.69, 9.17) is 21.1 Å². The maximum absolute atomic E-state index is 11.7. The molecule has 7 heteroatoms. The Morgan fingerprint density at radius 2 is 2.17 bits per heavy atom. The molecule has 0 amide bonds. The molecular formula is C16H18ClN3O3. The van der Waals surface area contributed by atoms with Crippen molar-refractivity contribution in [1.82, 2.24) is 10.2 Å². The number of benzene rings is 1. The minimum Gasteiger partial charge on any atom is -0.497 e. The number of halogens is 1. The minimum atomic E-state index is -0.378. The van der Waals surface area contributed by atoms with Gasteiger partial charge in [0.15, 0.2) is 0 Å². The fourth-order valence-electron chi connectivity index (χ4n) is 3.05. The summed E-state index contributed by atoms with van der Waals surface area (Å²) in [5.74, 6) is 1.50. The Labute approximate surface area is 139 Å². The zero-order valence-electron chi connectivity index (χ0n) is 13.0. The molecule has 1 aliphatic heterocycles. The van der Waals surface area contributed by atoms with Gasteiger partial charge in [-0.25, -0.2) is 5.10 Å². The molecule has 2 heterocycles. The summed E-state index contributed by atoms with van der Waals surface area (Å²) in [7, 11) is 3.26. The average molecular weight is 336 g/mol. The molecule has 23 heavy (non-hydrogen) atoms. The molecule has 3 rings (SSSR count). The van der Waals surface area contributed by atoms with E-state index < -0.39 is 0 Å². The number of hydrogen-bond acceptors (Lipinski definition) is 5. The van der Waals surface area contributed by atoms with E-state index in [-0.39, 0.29) is 16.6 Å². The lowest BCUT2D eigenvalue weighted by atomic mass is 10.0. The molecule has 1 saturated heterocycles. The van der Waals surface area contributed by atoms with Gasteiger partial charge in [0.25, 0.3) is 5.56 Å². The predicted molar refractivity (Wildman–Crippen MR) is 88.7 cm³/mol. The van der Waals surface area contributed by atoms with Crippen molar-refractivity contribution in [2.24, 2.45) is 0 Å². The van der Waals surface area contributed by atoms with Gasteiger partial charge in [0.1, 0.15) is 16.5 Å². The fourth-order valence-corrected chi connectivity index (χ4v) is 3.25. The van der Waals surface area contributed by atoms with Crippen molar-refractivity contribution in [3.8, 4) is 11.5 Å². The van der Waals surface area contributed by atoms with Crippen molar-refractivity contribution in [2.75, 3.05) is 25.7 Å². The van der Waals surface area contributed by atoms with Gasteiger partial charge in [-0.3, -0.25) is 4.79 Å². The van der Waals surface area contributed by atoms with Gasteiger partial charge < -0.3 is 14.4 Å². The van der Waals surface area contributed by atoms with Crippen molar-refractivity contribution in [2.45, 2.75) is 18.9 Å². The molecule has 1 aromatic carbocycles. The van der Waals surface area contributed by atoms with E-state index in [0.717, 1.165) is 36.4 Å². The number of H-pyrrole nitrogens is 1. The number of nitrogens with zero attached hydrogens (tertiary/aromatic N) is 2. The van der Waals surface area contributed by atoms with Crippen molar-refractivity contribution in [3.05, 3.63) is 45.3 Å². The molecule has 0 aliphatic carbocycles. The molecular weight excluding hydrogens is 318 g/mol. The van der Waals surface area contributed by atoms with Crippen LogP contribution in [0, 0.1) is 0 Å². The van der Waals surface area contributed by atoms with Crippen LogP contribution in [-0.4, -0.2) is 31.0 Å². The van der Waals surface area contributed by atoms with Crippen LogP contribution in [0.5, 0.6) is 11.5 Å². The van der Waals surface area contributed by atoms with Crippen molar-refractivity contribution in [3.63, 3.8) is 0 Å². The highest BCUT2D eigenvalue weighted by molar-refractivity contribution is 6.33. The van der Waals surface area contributed by atoms with Crippen LogP contribution in [0.1, 0.15) is 24.4 Å². The first kappa shape index (κ1) is 15.7. The lowest BCUT2D eigenvalue weighted by Gasteiger charge is -2.28. The molecule has 1 unspecified atom stereocenters. The van der Waals surface area contributed by atoms with E-state index in [0.29, 0.717) is 5.69 Å². The lowest BCUT2D eigenvalue weighted by Crippen LogP contribution is -2.25. The minimum absolute atomic E-state index is 0.0805. The Kier molecular flexibility index (Phi) is 4.43. The van der Waals surface area contributed by atoms with Gasteiger partial charge >= 0.3 is 0 Å². The highest BCUT2D eigenvalue weighted by Crippen LogP contribution is 2.42. The van der Waals surface area contributed by atoms with Crippen LogP contribution in [-0.2, 0) is 0 Å². The van der Waals surface area contributed by atoms with Crippen LogP contribution in [0.25, 0.3) is 0 Å². The smallest absolute Gasteiger partial charge is 0.285 e. The van der Waals surface area contributed by atoms with Gasteiger partial charge in [-0.1, -0.05) is 11.6 Å². The van der Waals surface area contributed by atoms with Crippen LogP contribution in [0.3, 0.4) is 0 Å². The molecule has 1 aliphatic rings. The summed E-state index contributed by atoms with van der Waals surface area (Å²) in [6.45, 7) is 0.810. The summed E-state index contributed by atoms with van der Waals surface area (Å²) < 4.78 is 10.8. The zero-order valence-corrected chi connectivity index (χ0v) is 13.8. The molecule has 122 valence electrons. The Morgan fingerprint density at radius 1 is 1.35 bits per heavy atom. The van der Waals surface area contributed by atoms with E-state index in [1.54, 1.807) is 20.4 Å². The van der Waals surface area contributed by atoms with Crippen LogP contribution in [0.2, 0.25) is 5.02 Å². The molecule has 0 radical (unpaired) electrons. The van der Waals surface area contributed by atoms with Gasteiger partial charge in [-0.2, -0.15) is 5.10 Å². The number of methoxy groups -OCH3 is 2. The Hall–Kier alpha value is -2.21. The van der Waals surface area contributed by atoms with Gasteiger partial charge in [-0.15, -0.1) is 0 Å². The topological polar surface area (TPSA) is 67.5 Å². The van der Waals surface area contributed by atoms with Crippen LogP contribution < -0.4 is 19.9 Å². The SMILES string of the molecule is COc1ccc(C2CCCN2c2cn[nH]c(=O)c2Cl)c(OC)c1. The second kappa shape index (κ2) is 6.50. The van der Waals surface area contributed by atoms with Crippen LogP contribution in [0.15, 0.2) is 29.2 Å². The van der Waals surface area contributed by atoms with Gasteiger partial charge in [0.2, 0.25) is 0 Å². The second-order valence-electron chi connectivity index (χ2n) is 5.36. The largest absolute Gasteiger partial charge is 0.497 e. The summed E-state index contributed by atoms with van der Waals surface area (Å²) in [6.07, 6.45) is 3.55. The molecule has 0 bridgehead atoms. The summed E-state index contributed by atoms with van der Waals surface area (Å²) in [4.78, 5) is 13.8. The molecule has 1 atom stereocenters. The number of hydrogen-bond donors (Lipinski definition) is 1. The lowest BCUT2D eigenvalue weighted by molar-refractivity contribution is 0.388. The Morgan fingerprint density at radius 3 is 2.91 bits per heavy atom. The maximum atomic E-state index is 11.7. The van der Waals surface area contributed by atoms with Gasteiger partial charge in [0.05, 0.1) is 32.1 Å². The first-order valence-corrected chi connectivity index (χ1v) is 7.75. The molecule has 6 nitrogen and oxygen atoms in total. The zero-order chi connectivity index (χ0) is 16.4. The number of ether oxygens (including phenoxy) is 2. The molecule has 1 aromatic heterocycles. The Bertz CT molecular complexity index is 762. The first-order valence-electron chi connectivity index (χ1n) is 7.37. The second-order valence-corrected chi connectivity index (χ2v) is 5.74. The van der Waals surface area contributed by atoms with Crippen LogP contribution >= 0.6 is 11.6 Å². The fraction of sp³-hybridized carbons (Fsp3) is 0.375. The molecule has 2 aromatic rings. The number of aromatic nitrogens is 2. The number of anilines is 1. The average Bonchev–Trinajstić information content (AvgIpc) is 3.05. The summed E-state index contributed by atoms with van der Waals surface area (Å²) >= 11 is 6.17. The van der Waals surface area contributed by atoms with Crippen molar-refractivity contribution < 1.29 is 9.47 Å². The summed E-state index contributed by atoms with van der Waals surface area (Å²) in [5.41, 5.74) is 1.31.